The van der Waals surface area contributed by atoms with Crippen molar-refractivity contribution in [3.8, 4) is 5.75 Å². The lowest BCUT2D eigenvalue weighted by atomic mass is 9.84. The molecule has 5 aromatic carbocycles. The standard InChI is InChI=1S/C36H26N2O6S/c39-33-30-18-10-11-19-31(30)34(40)37(33)32(35(41)44-29-22-20-28(21-23-29)38(42)43)24-45-36(25-12-4-1-5-13-25,26-14-6-2-7-15-26)27-16-8-3-9-17-27/h1-23,32H,24H2/t32-/m1/s1. The highest BCUT2D eigenvalue weighted by Crippen LogP contribution is 2.49. The topological polar surface area (TPSA) is 107 Å². The van der Waals surface area contributed by atoms with Crippen LogP contribution in [0.5, 0.6) is 5.75 Å². The molecule has 9 heteroatoms. The van der Waals surface area contributed by atoms with Gasteiger partial charge in [-0.1, -0.05) is 103 Å². The number of benzene rings is 5. The van der Waals surface area contributed by atoms with Gasteiger partial charge in [0.1, 0.15) is 11.8 Å². The summed E-state index contributed by atoms with van der Waals surface area (Å²) in [6.45, 7) is 0. The van der Waals surface area contributed by atoms with Gasteiger partial charge in [-0.25, -0.2) is 4.79 Å². The van der Waals surface area contributed by atoms with E-state index in [1.54, 1.807) is 24.3 Å². The fourth-order valence-electron chi connectivity index (χ4n) is 5.53. The van der Waals surface area contributed by atoms with E-state index < -0.39 is 33.5 Å². The van der Waals surface area contributed by atoms with E-state index in [0.29, 0.717) is 0 Å². The van der Waals surface area contributed by atoms with Crippen LogP contribution in [0.4, 0.5) is 5.69 Å². The number of carbonyl (C=O) groups is 3. The van der Waals surface area contributed by atoms with Crippen LogP contribution in [-0.2, 0) is 9.54 Å². The van der Waals surface area contributed by atoms with Gasteiger partial charge in [0.05, 0.1) is 20.8 Å². The first-order chi connectivity index (χ1) is 21.9. The lowest BCUT2D eigenvalue weighted by Gasteiger charge is -2.37. The summed E-state index contributed by atoms with van der Waals surface area (Å²) in [5, 5.41) is 11.1. The average Bonchev–Trinajstić information content (AvgIpc) is 3.33. The molecular formula is C36H26N2O6S. The first-order valence-electron chi connectivity index (χ1n) is 14.1. The molecule has 2 amide bonds. The predicted molar refractivity (Wildman–Crippen MR) is 171 cm³/mol. The highest BCUT2D eigenvalue weighted by molar-refractivity contribution is 8.00. The number of nitrogens with zero attached hydrogens (tertiary/aromatic N) is 2. The Morgan fingerprint density at radius 1 is 0.689 bits per heavy atom. The minimum absolute atomic E-state index is 0.0179. The molecule has 0 bridgehead atoms. The highest BCUT2D eigenvalue weighted by Gasteiger charge is 2.46. The summed E-state index contributed by atoms with van der Waals surface area (Å²) in [6.07, 6.45) is 0. The number of nitro groups is 1. The Labute approximate surface area is 263 Å². The lowest BCUT2D eigenvalue weighted by Crippen LogP contribution is -2.49. The molecule has 0 saturated heterocycles. The van der Waals surface area contributed by atoms with Crippen molar-refractivity contribution in [3.63, 3.8) is 0 Å². The summed E-state index contributed by atoms with van der Waals surface area (Å²) in [5.41, 5.74) is 3.08. The maximum atomic E-state index is 14.0. The summed E-state index contributed by atoms with van der Waals surface area (Å²) >= 11 is 1.42. The number of amides is 2. The van der Waals surface area contributed by atoms with Gasteiger partial charge >= 0.3 is 5.97 Å². The zero-order valence-corrected chi connectivity index (χ0v) is 24.6. The molecule has 1 aliphatic rings. The molecule has 222 valence electrons. The molecule has 1 atom stereocenters. The molecular weight excluding hydrogens is 588 g/mol. The molecule has 0 fully saturated rings. The third-order valence-electron chi connectivity index (χ3n) is 7.67. The third kappa shape index (κ3) is 5.61. The second-order valence-corrected chi connectivity index (χ2v) is 11.5. The normalized spacial score (nSPS) is 13.3. The van der Waals surface area contributed by atoms with Crippen molar-refractivity contribution >= 4 is 35.2 Å². The predicted octanol–water partition coefficient (Wildman–Crippen LogP) is 6.89. The number of hydrogen-bond acceptors (Lipinski definition) is 7. The molecule has 8 nitrogen and oxygen atoms in total. The molecule has 0 aliphatic carbocycles. The van der Waals surface area contributed by atoms with Gasteiger partial charge in [0.2, 0.25) is 0 Å². The molecule has 45 heavy (non-hydrogen) atoms. The minimum Gasteiger partial charge on any atom is -0.425 e. The van der Waals surface area contributed by atoms with E-state index in [1.165, 1.54) is 36.0 Å². The number of hydrogen-bond donors (Lipinski definition) is 0. The van der Waals surface area contributed by atoms with Crippen LogP contribution >= 0.6 is 11.8 Å². The summed E-state index contributed by atoms with van der Waals surface area (Å²) < 4.78 is 4.84. The van der Waals surface area contributed by atoms with Crippen molar-refractivity contribution in [1.82, 2.24) is 4.90 Å². The number of nitro benzene ring substituents is 1. The van der Waals surface area contributed by atoms with Gasteiger partial charge in [0, 0.05) is 17.9 Å². The van der Waals surface area contributed by atoms with Crippen LogP contribution in [0.15, 0.2) is 140 Å². The zero-order valence-electron chi connectivity index (χ0n) is 23.8. The van der Waals surface area contributed by atoms with E-state index in [2.05, 4.69) is 0 Å². The molecule has 5 aromatic rings. The number of carbonyl (C=O) groups excluding carboxylic acids is 3. The van der Waals surface area contributed by atoms with Crippen LogP contribution in [0.2, 0.25) is 0 Å². The van der Waals surface area contributed by atoms with Gasteiger partial charge in [-0.15, -0.1) is 11.8 Å². The smallest absolute Gasteiger partial charge is 0.335 e. The van der Waals surface area contributed by atoms with Gasteiger partial charge < -0.3 is 4.74 Å². The van der Waals surface area contributed by atoms with E-state index in [9.17, 15) is 24.5 Å². The molecule has 0 unspecified atom stereocenters. The number of esters is 1. The maximum Gasteiger partial charge on any atom is 0.335 e. The molecule has 1 heterocycles. The van der Waals surface area contributed by atoms with Crippen molar-refractivity contribution in [2.75, 3.05) is 5.75 Å². The fraction of sp³-hybridized carbons (Fsp3) is 0.0833. The Hall–Kier alpha value is -5.54. The van der Waals surface area contributed by atoms with Crippen molar-refractivity contribution in [1.29, 1.82) is 0 Å². The third-order valence-corrected chi connectivity index (χ3v) is 9.30. The maximum absolute atomic E-state index is 14.0. The number of thioether (sulfide) groups is 1. The second kappa shape index (κ2) is 12.6. The largest absolute Gasteiger partial charge is 0.425 e. The first-order valence-corrected chi connectivity index (χ1v) is 15.1. The minimum atomic E-state index is -1.33. The number of non-ortho nitro benzene ring substituents is 1. The van der Waals surface area contributed by atoms with Crippen LogP contribution in [0.1, 0.15) is 37.4 Å². The van der Waals surface area contributed by atoms with Crippen LogP contribution < -0.4 is 4.74 Å². The molecule has 0 saturated carbocycles. The molecule has 0 spiro atoms. The second-order valence-electron chi connectivity index (χ2n) is 10.3. The van der Waals surface area contributed by atoms with Gasteiger partial charge in [0.25, 0.3) is 17.5 Å². The molecule has 0 aromatic heterocycles. The number of fused-ring (bicyclic) bond motifs is 1. The lowest BCUT2D eigenvalue weighted by molar-refractivity contribution is -0.384. The Bertz CT molecular complexity index is 1730. The monoisotopic (exact) mass is 614 g/mol. The SMILES string of the molecule is O=C(Oc1ccc([N+](=O)[O-])cc1)[C@@H](CSC(c1ccccc1)(c1ccccc1)c1ccccc1)N1C(=O)c2ccccc2C1=O. The van der Waals surface area contributed by atoms with E-state index in [0.717, 1.165) is 21.6 Å². The van der Waals surface area contributed by atoms with Crippen molar-refractivity contribution in [3.05, 3.63) is 177 Å². The van der Waals surface area contributed by atoms with Gasteiger partial charge in [-0.05, 0) is 41.0 Å². The summed E-state index contributed by atoms with van der Waals surface area (Å²) in [4.78, 5) is 52.9. The summed E-state index contributed by atoms with van der Waals surface area (Å²) in [5.74, 6) is -1.99. The highest BCUT2D eigenvalue weighted by atomic mass is 32.2. The van der Waals surface area contributed by atoms with E-state index in [4.69, 9.17) is 4.74 Å². The molecule has 1 aliphatic heterocycles. The van der Waals surface area contributed by atoms with Gasteiger partial charge in [0.15, 0.2) is 0 Å². The van der Waals surface area contributed by atoms with Gasteiger partial charge in [-0.3, -0.25) is 24.6 Å². The van der Waals surface area contributed by atoms with E-state index >= 15 is 0 Å². The average molecular weight is 615 g/mol. The van der Waals surface area contributed by atoms with Crippen LogP contribution in [0, 0.1) is 10.1 Å². The van der Waals surface area contributed by atoms with Crippen LogP contribution in [-0.4, -0.2) is 39.4 Å². The number of ether oxygens (including phenoxy) is 1. The Balaban J connectivity index is 1.44. The first kappa shape index (κ1) is 29.5. The Morgan fingerprint density at radius 3 is 1.53 bits per heavy atom. The Morgan fingerprint density at radius 2 is 1.11 bits per heavy atom. The number of rotatable bonds is 10. The fourth-order valence-corrected chi connectivity index (χ4v) is 7.13. The van der Waals surface area contributed by atoms with Crippen molar-refractivity contribution in [2.45, 2.75) is 10.8 Å². The summed E-state index contributed by atoms with van der Waals surface area (Å²) in [7, 11) is 0. The van der Waals surface area contributed by atoms with E-state index in [1.807, 2.05) is 91.0 Å². The van der Waals surface area contributed by atoms with Gasteiger partial charge in [-0.2, -0.15) is 0 Å². The van der Waals surface area contributed by atoms with E-state index in [-0.39, 0.29) is 28.3 Å². The molecule has 6 rings (SSSR count). The van der Waals surface area contributed by atoms with Crippen molar-refractivity contribution in [2.24, 2.45) is 0 Å². The Kier molecular flexibility index (Phi) is 8.26. The number of imide groups is 1. The van der Waals surface area contributed by atoms with Crippen LogP contribution in [0.3, 0.4) is 0 Å². The van der Waals surface area contributed by atoms with Crippen molar-refractivity contribution < 1.29 is 24.0 Å². The summed E-state index contributed by atoms with van der Waals surface area (Å²) in [6, 6.07) is 39.7. The zero-order chi connectivity index (χ0) is 31.4. The van der Waals surface area contributed by atoms with Crippen LogP contribution in [0.25, 0.3) is 0 Å². The molecule has 0 N–H and O–H groups in total. The molecule has 0 radical (unpaired) electrons. The quantitative estimate of drug-likeness (QED) is 0.0421.